The number of furan rings is 1. The van der Waals surface area contributed by atoms with Crippen LogP contribution in [0.1, 0.15) is 16.1 Å². The summed E-state index contributed by atoms with van der Waals surface area (Å²) in [5.41, 5.74) is 0.925. The molecule has 0 radical (unpaired) electrons. The number of hydrogen-bond acceptors (Lipinski definition) is 4. The predicted molar refractivity (Wildman–Crippen MR) is 67.7 cm³/mol. The summed E-state index contributed by atoms with van der Waals surface area (Å²) >= 11 is 0. The zero-order chi connectivity index (χ0) is 13.9. The van der Waals surface area contributed by atoms with Gasteiger partial charge in [0.1, 0.15) is 0 Å². The summed E-state index contributed by atoms with van der Waals surface area (Å²) in [4.78, 5) is 11.7. The van der Waals surface area contributed by atoms with E-state index in [0.29, 0.717) is 6.54 Å². The number of nitrogens with two attached hydrogens (primary N) is 1. The van der Waals surface area contributed by atoms with E-state index in [1.54, 1.807) is 0 Å². The van der Waals surface area contributed by atoms with Crippen molar-refractivity contribution in [2.45, 2.75) is 11.6 Å². The van der Waals surface area contributed by atoms with Crippen molar-refractivity contribution < 1.29 is 17.6 Å². The number of carbonyl (C=O) groups excluding carboxylic acids is 1. The highest BCUT2D eigenvalue weighted by Gasteiger charge is 2.17. The molecule has 1 heterocycles. The first-order valence-corrected chi connectivity index (χ1v) is 6.96. The number of nitrogens with one attached hydrogen (secondary N) is 1. The summed E-state index contributed by atoms with van der Waals surface area (Å²) in [6, 6.07) is 11.7. The minimum absolute atomic E-state index is 0.0973. The van der Waals surface area contributed by atoms with E-state index < -0.39 is 21.0 Å². The largest absolute Gasteiger partial charge is 0.438 e. The summed E-state index contributed by atoms with van der Waals surface area (Å²) in [5, 5.41) is 7.06. The first kappa shape index (κ1) is 13.3. The van der Waals surface area contributed by atoms with Crippen LogP contribution in [0.2, 0.25) is 0 Å². The maximum absolute atomic E-state index is 11.7. The summed E-state index contributed by atoms with van der Waals surface area (Å²) < 4.78 is 26.9. The molecule has 0 saturated carbocycles. The monoisotopic (exact) mass is 280 g/mol. The second-order valence-electron chi connectivity index (χ2n) is 3.83. The van der Waals surface area contributed by atoms with Crippen molar-refractivity contribution in [2.75, 3.05) is 0 Å². The summed E-state index contributed by atoms with van der Waals surface area (Å²) in [6.45, 7) is 0.324. The number of sulfonamides is 1. The number of hydrogen-bond donors (Lipinski definition) is 2. The Morgan fingerprint density at radius 3 is 2.42 bits per heavy atom. The molecule has 0 saturated heterocycles. The van der Waals surface area contributed by atoms with E-state index in [2.05, 4.69) is 5.32 Å². The van der Waals surface area contributed by atoms with Gasteiger partial charge in [0.05, 0.1) is 0 Å². The molecule has 1 aromatic carbocycles. The smallest absolute Gasteiger partial charge is 0.287 e. The van der Waals surface area contributed by atoms with Crippen molar-refractivity contribution in [3.8, 4) is 0 Å². The van der Waals surface area contributed by atoms with E-state index in [4.69, 9.17) is 9.56 Å². The molecule has 7 heteroatoms. The van der Waals surface area contributed by atoms with Gasteiger partial charge in [0.15, 0.2) is 5.76 Å². The van der Waals surface area contributed by atoms with E-state index in [9.17, 15) is 13.2 Å². The zero-order valence-electron chi connectivity index (χ0n) is 9.87. The number of primary sulfonamides is 1. The fourth-order valence-electron chi connectivity index (χ4n) is 1.46. The molecule has 1 amide bonds. The molecule has 19 heavy (non-hydrogen) atoms. The average Bonchev–Trinajstić information content (AvgIpc) is 2.87. The third-order valence-corrected chi connectivity index (χ3v) is 3.16. The van der Waals surface area contributed by atoms with Crippen molar-refractivity contribution in [1.29, 1.82) is 0 Å². The maximum atomic E-state index is 11.7. The van der Waals surface area contributed by atoms with Gasteiger partial charge in [-0.15, -0.1) is 0 Å². The molecule has 0 aliphatic heterocycles. The fourth-order valence-corrected chi connectivity index (χ4v) is 1.92. The zero-order valence-corrected chi connectivity index (χ0v) is 10.7. The molecule has 0 unspecified atom stereocenters. The molecule has 1 aromatic heterocycles. The van der Waals surface area contributed by atoms with Gasteiger partial charge >= 0.3 is 0 Å². The SMILES string of the molecule is NS(=O)(=O)c1ccc(C(=O)NCc2ccccc2)o1. The Morgan fingerprint density at radius 1 is 1.16 bits per heavy atom. The molecule has 0 bridgehead atoms. The first-order valence-electron chi connectivity index (χ1n) is 5.41. The molecule has 0 aliphatic rings. The number of benzene rings is 1. The average molecular weight is 280 g/mol. The summed E-state index contributed by atoms with van der Waals surface area (Å²) in [5.74, 6) is -0.598. The van der Waals surface area contributed by atoms with Gasteiger partial charge < -0.3 is 9.73 Å². The summed E-state index contributed by atoms with van der Waals surface area (Å²) in [7, 11) is -3.93. The Bertz CT molecular complexity index is 677. The lowest BCUT2D eigenvalue weighted by molar-refractivity contribution is 0.0918. The van der Waals surface area contributed by atoms with Crippen LogP contribution in [-0.4, -0.2) is 14.3 Å². The van der Waals surface area contributed by atoms with Crippen LogP contribution >= 0.6 is 0 Å². The Balaban J connectivity index is 2.03. The maximum Gasteiger partial charge on any atom is 0.287 e. The van der Waals surface area contributed by atoms with Gasteiger partial charge in [-0.25, -0.2) is 13.6 Å². The molecule has 6 nitrogen and oxygen atoms in total. The van der Waals surface area contributed by atoms with Gasteiger partial charge in [-0.1, -0.05) is 30.3 Å². The first-order chi connectivity index (χ1) is 8.97. The van der Waals surface area contributed by atoms with Gasteiger partial charge in [-0.2, -0.15) is 0 Å². The molecule has 2 rings (SSSR count). The molecule has 0 aliphatic carbocycles. The quantitative estimate of drug-likeness (QED) is 0.866. The van der Waals surface area contributed by atoms with Crippen molar-refractivity contribution in [1.82, 2.24) is 5.32 Å². The van der Waals surface area contributed by atoms with E-state index in [0.717, 1.165) is 11.6 Å². The van der Waals surface area contributed by atoms with Crippen molar-refractivity contribution >= 4 is 15.9 Å². The number of carbonyl (C=O) groups is 1. The Morgan fingerprint density at radius 2 is 1.84 bits per heavy atom. The highest BCUT2D eigenvalue weighted by molar-refractivity contribution is 7.89. The molecule has 100 valence electrons. The van der Waals surface area contributed by atoms with Crippen molar-refractivity contribution in [3.63, 3.8) is 0 Å². The predicted octanol–water partition coefficient (Wildman–Crippen LogP) is 0.857. The molecule has 0 spiro atoms. The third kappa shape index (κ3) is 3.43. The van der Waals surface area contributed by atoms with Crippen LogP contribution in [0.15, 0.2) is 52.0 Å². The van der Waals surface area contributed by atoms with Gasteiger partial charge in [0.2, 0.25) is 5.09 Å². The van der Waals surface area contributed by atoms with Crippen LogP contribution in [0.25, 0.3) is 0 Å². The van der Waals surface area contributed by atoms with Crippen LogP contribution in [0.4, 0.5) is 0 Å². The van der Waals surface area contributed by atoms with E-state index in [1.807, 2.05) is 30.3 Å². The van der Waals surface area contributed by atoms with Crippen LogP contribution < -0.4 is 10.5 Å². The molecular weight excluding hydrogens is 268 g/mol. The minimum atomic E-state index is -3.93. The van der Waals surface area contributed by atoms with E-state index in [1.165, 1.54) is 6.07 Å². The highest BCUT2D eigenvalue weighted by Crippen LogP contribution is 2.12. The summed E-state index contributed by atoms with van der Waals surface area (Å²) in [6.07, 6.45) is 0. The Kier molecular flexibility index (Phi) is 3.68. The molecule has 0 fully saturated rings. The van der Waals surface area contributed by atoms with Crippen LogP contribution in [0.3, 0.4) is 0 Å². The Hall–Kier alpha value is -2.12. The number of amides is 1. The van der Waals surface area contributed by atoms with Crippen molar-refractivity contribution in [3.05, 3.63) is 53.8 Å². The third-order valence-electron chi connectivity index (χ3n) is 2.38. The molecule has 2 aromatic rings. The molecular formula is C12H12N2O4S. The number of rotatable bonds is 4. The van der Waals surface area contributed by atoms with Gasteiger partial charge in [-0.3, -0.25) is 4.79 Å². The van der Waals surface area contributed by atoms with Gasteiger partial charge in [-0.05, 0) is 17.7 Å². The fraction of sp³-hybridized carbons (Fsp3) is 0.0833. The molecule has 3 N–H and O–H groups in total. The highest BCUT2D eigenvalue weighted by atomic mass is 32.2. The van der Waals surface area contributed by atoms with Crippen LogP contribution in [-0.2, 0) is 16.6 Å². The standard InChI is InChI=1S/C12H12N2O4S/c13-19(16,17)11-7-6-10(18-11)12(15)14-8-9-4-2-1-3-5-9/h1-7H,8H2,(H,14,15)(H2,13,16,17). The lowest BCUT2D eigenvalue weighted by Gasteiger charge is -2.02. The minimum Gasteiger partial charge on any atom is -0.438 e. The van der Waals surface area contributed by atoms with Gasteiger partial charge in [0.25, 0.3) is 15.9 Å². The van der Waals surface area contributed by atoms with E-state index in [-0.39, 0.29) is 5.76 Å². The lowest BCUT2D eigenvalue weighted by Crippen LogP contribution is -2.22. The van der Waals surface area contributed by atoms with E-state index >= 15 is 0 Å². The second-order valence-corrected chi connectivity index (χ2v) is 5.32. The Labute approximate surface area is 110 Å². The van der Waals surface area contributed by atoms with Crippen molar-refractivity contribution in [2.24, 2.45) is 5.14 Å². The second kappa shape index (κ2) is 5.25. The normalized spacial score (nSPS) is 11.2. The molecule has 0 atom stereocenters. The van der Waals surface area contributed by atoms with Gasteiger partial charge in [0, 0.05) is 6.54 Å². The lowest BCUT2D eigenvalue weighted by atomic mass is 10.2. The topological polar surface area (TPSA) is 102 Å². The van der Waals surface area contributed by atoms with Crippen LogP contribution in [0, 0.1) is 0 Å². The van der Waals surface area contributed by atoms with Crippen LogP contribution in [0.5, 0.6) is 0 Å².